The summed E-state index contributed by atoms with van der Waals surface area (Å²) < 4.78 is 0. The van der Waals surface area contributed by atoms with Crippen LogP contribution in [0.3, 0.4) is 0 Å². The van der Waals surface area contributed by atoms with Gasteiger partial charge in [-0.3, -0.25) is 0 Å². The third kappa shape index (κ3) is 2.49. The molecule has 0 bridgehead atoms. The average Bonchev–Trinajstić information content (AvgIpc) is 2.56. The first-order valence-corrected chi connectivity index (χ1v) is 12.3. The molecule has 3 aromatic rings. The Balaban J connectivity index is 2.24. The van der Waals surface area contributed by atoms with Crippen LogP contribution in [0.1, 0.15) is 0 Å². The van der Waals surface area contributed by atoms with Gasteiger partial charge >= 0.3 is 131 Å². The molecule has 0 aliphatic rings. The van der Waals surface area contributed by atoms with Gasteiger partial charge in [0.2, 0.25) is 0 Å². The van der Waals surface area contributed by atoms with Crippen LogP contribution in [0.25, 0.3) is 0 Å². The quantitative estimate of drug-likeness (QED) is 0.535. The molecule has 2 heteroatoms. The minimum atomic E-state index is -1.85. The predicted molar refractivity (Wildman–Crippen MR) is 86.5 cm³/mol. The number of hydrogen-bond acceptors (Lipinski definition) is 0. The van der Waals surface area contributed by atoms with Crippen molar-refractivity contribution >= 4 is 21.5 Å². The number of rotatable bonds is 3. The zero-order valence-corrected chi connectivity index (χ0v) is 14.6. The topological polar surface area (TPSA) is 0 Å². The van der Waals surface area contributed by atoms with Crippen molar-refractivity contribution in [1.29, 1.82) is 0 Å². The summed E-state index contributed by atoms with van der Waals surface area (Å²) in [6, 6.07) is 32.8. The summed E-state index contributed by atoms with van der Waals surface area (Å²) in [5, 5.41) is 4.40. The Hall–Kier alpha value is -1.27. The molecule has 0 radical (unpaired) electrons. The second-order valence-electron chi connectivity index (χ2n) is 4.74. The summed E-state index contributed by atoms with van der Waals surface area (Å²) in [5.41, 5.74) is -1.85. The van der Waals surface area contributed by atoms with Gasteiger partial charge in [-0.1, -0.05) is 0 Å². The summed E-state index contributed by atoms with van der Waals surface area (Å²) >= 11 is 2.18. The van der Waals surface area contributed by atoms with E-state index in [0.717, 1.165) is 0 Å². The van der Waals surface area contributed by atoms with Gasteiger partial charge < -0.3 is 0 Å². The molecule has 20 heavy (non-hydrogen) atoms. The molecule has 3 rings (SSSR count). The van der Waals surface area contributed by atoms with Gasteiger partial charge in [0.25, 0.3) is 0 Å². The van der Waals surface area contributed by atoms with Crippen molar-refractivity contribution in [3.8, 4) is 0 Å². The van der Waals surface area contributed by atoms with Gasteiger partial charge in [-0.25, -0.2) is 0 Å². The fourth-order valence-corrected chi connectivity index (χ4v) is 9.23. The van der Waals surface area contributed by atoms with Crippen LogP contribution in [0, 0.1) is 0 Å². The van der Waals surface area contributed by atoms with Gasteiger partial charge in [0, 0.05) is 0 Å². The molecule has 0 N–H and O–H groups in total. The molecule has 3 aromatic carbocycles. The van der Waals surface area contributed by atoms with Gasteiger partial charge in [0.1, 0.15) is 0 Å². The molecule has 0 aliphatic heterocycles. The van der Waals surface area contributed by atoms with Crippen LogP contribution in [0.5, 0.6) is 0 Å². The zero-order valence-electron chi connectivity index (χ0n) is 11.0. The molecule has 0 saturated heterocycles. The van der Waals surface area contributed by atoms with Crippen molar-refractivity contribution in [3.05, 3.63) is 91.0 Å². The van der Waals surface area contributed by atoms with E-state index in [2.05, 4.69) is 109 Å². The van der Waals surface area contributed by atoms with Crippen LogP contribution in [0.15, 0.2) is 91.0 Å². The normalized spacial score (nSPS) is 12.1. The fourth-order valence-electron chi connectivity index (χ4n) is 2.49. The van der Waals surface area contributed by atoms with Crippen LogP contribution in [0.2, 0.25) is 0 Å². The summed E-state index contributed by atoms with van der Waals surface area (Å²) in [4.78, 5) is 0. The Labute approximate surface area is 130 Å². The van der Waals surface area contributed by atoms with Gasteiger partial charge in [0.15, 0.2) is 0 Å². The van der Waals surface area contributed by atoms with E-state index in [-0.39, 0.29) is 0 Å². The molecule has 101 valence electrons. The van der Waals surface area contributed by atoms with E-state index in [1.165, 1.54) is 15.9 Å². The zero-order chi connectivity index (χ0) is 13.8. The summed E-state index contributed by atoms with van der Waals surface area (Å²) in [7, 11) is 0. The van der Waals surface area contributed by atoms with E-state index in [9.17, 15) is 0 Å². The molecule has 0 heterocycles. The van der Waals surface area contributed by atoms with E-state index in [1.807, 2.05) is 0 Å². The molecule has 0 aromatic heterocycles. The molecule has 0 spiro atoms. The molecular formula is C18H16OsP. The first kappa shape index (κ1) is 13.7. The van der Waals surface area contributed by atoms with Gasteiger partial charge in [-0.05, 0) is 0 Å². The molecule has 0 atom stereocenters. The SMILES string of the molecule is [Os][PH](c1ccccc1)(c1ccccc1)c1ccccc1. The Morgan fingerprint density at radius 1 is 0.450 bits per heavy atom. The van der Waals surface area contributed by atoms with Crippen LogP contribution in [-0.2, 0) is 18.1 Å². The van der Waals surface area contributed by atoms with Crippen LogP contribution in [0.4, 0.5) is 0 Å². The predicted octanol–water partition coefficient (Wildman–Crippen LogP) is 3.17. The average molecular weight is 454 g/mol. The van der Waals surface area contributed by atoms with Crippen LogP contribution < -0.4 is 15.9 Å². The Kier molecular flexibility index (Phi) is 4.12. The van der Waals surface area contributed by atoms with Crippen LogP contribution in [-0.4, -0.2) is 0 Å². The Morgan fingerprint density at radius 2 is 0.700 bits per heavy atom. The van der Waals surface area contributed by atoms with Crippen molar-refractivity contribution in [2.45, 2.75) is 0 Å². The van der Waals surface area contributed by atoms with Crippen molar-refractivity contribution < 1.29 is 18.1 Å². The minimum absolute atomic E-state index is 1.47. The van der Waals surface area contributed by atoms with Crippen LogP contribution >= 0.6 is 5.55 Å². The summed E-state index contributed by atoms with van der Waals surface area (Å²) in [6.45, 7) is 0. The molecule has 0 aliphatic carbocycles. The van der Waals surface area contributed by atoms with E-state index >= 15 is 0 Å². The van der Waals surface area contributed by atoms with Crippen molar-refractivity contribution in [1.82, 2.24) is 0 Å². The molecule has 0 amide bonds. The molecule has 0 saturated carbocycles. The van der Waals surface area contributed by atoms with Crippen molar-refractivity contribution in [2.75, 3.05) is 0 Å². The first-order valence-electron chi connectivity index (χ1n) is 6.66. The number of hydrogen-bond donors (Lipinski definition) is 0. The second-order valence-corrected chi connectivity index (χ2v) is 13.5. The Morgan fingerprint density at radius 3 is 0.950 bits per heavy atom. The van der Waals surface area contributed by atoms with Crippen molar-refractivity contribution in [2.24, 2.45) is 0 Å². The standard InChI is InChI=1S/C18H15P.Os/c1-4-10-16(11-5-1)19(17-12-6-2-7-13-17)18-14-8-3-9-15-18;/h1-15H;/q;-1/p+1. The van der Waals surface area contributed by atoms with E-state index in [4.69, 9.17) is 0 Å². The number of benzene rings is 3. The molecule has 0 fully saturated rings. The van der Waals surface area contributed by atoms with Gasteiger partial charge in [-0.15, -0.1) is 0 Å². The van der Waals surface area contributed by atoms with E-state index in [1.54, 1.807) is 0 Å². The monoisotopic (exact) mass is 455 g/mol. The maximum atomic E-state index is 2.28. The molecule has 0 unspecified atom stereocenters. The maximum absolute atomic E-state index is 2.28. The van der Waals surface area contributed by atoms with E-state index < -0.39 is 5.55 Å². The fraction of sp³-hybridized carbons (Fsp3) is 0. The third-order valence-corrected chi connectivity index (χ3v) is 13.4. The van der Waals surface area contributed by atoms with Gasteiger partial charge in [0.05, 0.1) is 0 Å². The third-order valence-electron chi connectivity index (χ3n) is 3.49. The summed E-state index contributed by atoms with van der Waals surface area (Å²) in [6.07, 6.45) is 0. The second kappa shape index (κ2) is 6.01. The van der Waals surface area contributed by atoms with Gasteiger partial charge in [-0.2, -0.15) is 0 Å². The van der Waals surface area contributed by atoms with Crippen molar-refractivity contribution in [3.63, 3.8) is 0 Å². The van der Waals surface area contributed by atoms with E-state index in [0.29, 0.717) is 0 Å². The summed E-state index contributed by atoms with van der Waals surface area (Å²) in [5.74, 6) is 0. The Bertz CT molecular complexity index is 569. The molecular weight excluding hydrogens is 437 g/mol. The molecule has 0 nitrogen and oxygen atoms in total. The first-order chi connectivity index (χ1) is 9.82.